The highest BCUT2D eigenvalue weighted by Gasteiger charge is 2.28. The van der Waals surface area contributed by atoms with Crippen molar-refractivity contribution in [1.29, 1.82) is 0 Å². The predicted molar refractivity (Wildman–Crippen MR) is 101 cm³/mol. The van der Waals surface area contributed by atoms with Gasteiger partial charge < -0.3 is 4.90 Å². The Kier molecular flexibility index (Phi) is 5.25. The van der Waals surface area contributed by atoms with Crippen LogP contribution < -0.4 is 0 Å². The minimum Gasteiger partial charge on any atom is -0.334 e. The van der Waals surface area contributed by atoms with E-state index < -0.39 is 6.04 Å². The molecule has 0 bridgehead atoms. The van der Waals surface area contributed by atoms with Crippen LogP contribution in [0, 0.1) is 13.8 Å². The number of carbonyl (C=O) groups is 1. The molecule has 26 heavy (non-hydrogen) atoms. The largest absolute Gasteiger partial charge is 0.334 e. The van der Waals surface area contributed by atoms with Crippen LogP contribution in [0.4, 0.5) is 0 Å². The molecule has 1 heterocycles. The summed E-state index contributed by atoms with van der Waals surface area (Å²) in [4.78, 5) is 13.0. The van der Waals surface area contributed by atoms with E-state index in [1.807, 2.05) is 32.0 Å². The Labute approximate surface area is 161 Å². The van der Waals surface area contributed by atoms with Crippen LogP contribution in [0.3, 0.4) is 0 Å². The fourth-order valence-corrected chi connectivity index (χ4v) is 3.50. The van der Waals surface area contributed by atoms with E-state index in [2.05, 4.69) is 15.5 Å². The van der Waals surface area contributed by atoms with Gasteiger partial charge in [0.1, 0.15) is 6.04 Å². The van der Waals surface area contributed by atoms with E-state index in [-0.39, 0.29) is 0 Å². The maximum atomic E-state index is 11.6. The minimum atomic E-state index is -0.564. The third kappa shape index (κ3) is 3.30. The zero-order chi connectivity index (χ0) is 18.8. The molecule has 8 heteroatoms. The summed E-state index contributed by atoms with van der Waals surface area (Å²) in [5.74, 6) is 0.487. The van der Waals surface area contributed by atoms with Crippen LogP contribution in [0.2, 0.25) is 10.0 Å². The maximum Gasteiger partial charge on any atom is 0.210 e. The molecule has 0 aliphatic heterocycles. The number of aryl methyl sites for hydroxylation is 2. The molecule has 1 atom stereocenters. The number of amides is 1. The summed E-state index contributed by atoms with van der Waals surface area (Å²) in [6.45, 7) is 3.98. The van der Waals surface area contributed by atoms with Crippen LogP contribution in [-0.2, 0) is 4.79 Å². The van der Waals surface area contributed by atoms with E-state index in [4.69, 9.17) is 23.2 Å². The van der Waals surface area contributed by atoms with Crippen molar-refractivity contribution in [3.8, 4) is 5.69 Å². The third-order valence-electron chi connectivity index (χ3n) is 4.22. The molecule has 0 unspecified atom stereocenters. The van der Waals surface area contributed by atoms with Gasteiger partial charge in [-0.1, -0.05) is 47.5 Å². The van der Waals surface area contributed by atoms with Gasteiger partial charge in [0.15, 0.2) is 5.82 Å². The SMILES string of the molecule is Cc1cccc(C)c1-n1nnnc1[C@@H](c1ccc(Cl)cc1Cl)N(C)C=O. The fraction of sp³-hybridized carbons (Fsp3) is 0.222. The molecule has 0 N–H and O–H groups in total. The molecule has 6 nitrogen and oxygen atoms in total. The van der Waals surface area contributed by atoms with Gasteiger partial charge in [-0.15, -0.1) is 5.10 Å². The fourth-order valence-electron chi connectivity index (χ4n) is 2.99. The number of nitrogens with zero attached hydrogens (tertiary/aromatic N) is 5. The average molecular weight is 390 g/mol. The first-order valence-electron chi connectivity index (χ1n) is 7.91. The van der Waals surface area contributed by atoms with E-state index in [0.717, 1.165) is 23.2 Å². The van der Waals surface area contributed by atoms with Crippen LogP contribution in [0.25, 0.3) is 5.69 Å². The number of para-hydroxylation sites is 1. The number of benzene rings is 2. The zero-order valence-electron chi connectivity index (χ0n) is 14.5. The smallest absolute Gasteiger partial charge is 0.210 e. The van der Waals surface area contributed by atoms with Gasteiger partial charge in [0.05, 0.1) is 5.69 Å². The van der Waals surface area contributed by atoms with E-state index in [1.165, 1.54) is 4.90 Å². The van der Waals surface area contributed by atoms with Gasteiger partial charge in [0.25, 0.3) is 0 Å². The molecule has 3 rings (SSSR count). The Morgan fingerprint density at radius 3 is 2.46 bits per heavy atom. The van der Waals surface area contributed by atoms with Crippen molar-refractivity contribution < 1.29 is 4.79 Å². The van der Waals surface area contributed by atoms with Crippen molar-refractivity contribution >= 4 is 29.6 Å². The minimum absolute atomic E-state index is 0.437. The lowest BCUT2D eigenvalue weighted by Crippen LogP contribution is -2.27. The van der Waals surface area contributed by atoms with E-state index in [1.54, 1.807) is 29.9 Å². The highest BCUT2D eigenvalue weighted by atomic mass is 35.5. The topological polar surface area (TPSA) is 63.9 Å². The summed E-state index contributed by atoms with van der Waals surface area (Å²) >= 11 is 12.4. The van der Waals surface area contributed by atoms with Crippen molar-refractivity contribution in [2.75, 3.05) is 7.05 Å². The molecule has 134 valence electrons. The standard InChI is InChI=1S/C18H17Cl2N5O/c1-11-5-4-6-12(2)16(11)25-18(21-22-23-25)17(24(3)10-26)14-8-7-13(19)9-15(14)20/h4-10,17H,1-3H3/t17-/m1/s1. The van der Waals surface area contributed by atoms with Gasteiger partial charge in [0.2, 0.25) is 6.41 Å². The molecule has 0 fully saturated rings. The highest BCUT2D eigenvalue weighted by molar-refractivity contribution is 6.35. The lowest BCUT2D eigenvalue weighted by atomic mass is 10.0. The molecule has 0 saturated carbocycles. The Morgan fingerprint density at radius 2 is 1.85 bits per heavy atom. The lowest BCUT2D eigenvalue weighted by Gasteiger charge is -2.25. The molecule has 0 aliphatic rings. The Bertz CT molecular complexity index is 936. The second kappa shape index (κ2) is 7.43. The number of carbonyl (C=O) groups excluding carboxylic acids is 1. The second-order valence-electron chi connectivity index (χ2n) is 6.03. The van der Waals surface area contributed by atoms with Crippen LogP contribution in [-0.4, -0.2) is 38.6 Å². The van der Waals surface area contributed by atoms with E-state index >= 15 is 0 Å². The van der Waals surface area contributed by atoms with Gasteiger partial charge in [-0.2, -0.15) is 4.68 Å². The maximum absolute atomic E-state index is 11.6. The van der Waals surface area contributed by atoms with E-state index in [9.17, 15) is 4.79 Å². The predicted octanol–water partition coefficient (Wildman–Crippen LogP) is 3.76. The first kappa shape index (κ1) is 18.4. The van der Waals surface area contributed by atoms with Crippen LogP contribution in [0.15, 0.2) is 36.4 Å². The van der Waals surface area contributed by atoms with Crippen LogP contribution >= 0.6 is 23.2 Å². The molecule has 0 spiro atoms. The summed E-state index contributed by atoms with van der Waals surface area (Å²) in [7, 11) is 1.66. The number of halogens is 2. The first-order chi connectivity index (χ1) is 12.4. The van der Waals surface area contributed by atoms with Crippen LogP contribution in [0.5, 0.6) is 0 Å². The molecule has 1 amide bonds. The molecule has 0 radical (unpaired) electrons. The molecule has 3 aromatic rings. The normalized spacial score (nSPS) is 12.0. The number of aromatic nitrogens is 4. The number of tetrazole rings is 1. The Hall–Kier alpha value is -2.44. The Balaban J connectivity index is 2.22. The third-order valence-corrected chi connectivity index (χ3v) is 4.78. The lowest BCUT2D eigenvalue weighted by molar-refractivity contribution is -0.118. The highest BCUT2D eigenvalue weighted by Crippen LogP contribution is 2.34. The first-order valence-corrected chi connectivity index (χ1v) is 8.66. The van der Waals surface area contributed by atoms with Crippen molar-refractivity contribution in [1.82, 2.24) is 25.1 Å². The molecular weight excluding hydrogens is 373 g/mol. The van der Waals surface area contributed by atoms with Gasteiger partial charge in [-0.25, -0.2) is 0 Å². The summed E-state index contributed by atoms with van der Waals surface area (Å²) in [6.07, 6.45) is 0.722. The number of hydrogen-bond acceptors (Lipinski definition) is 4. The number of hydrogen-bond donors (Lipinski definition) is 0. The zero-order valence-corrected chi connectivity index (χ0v) is 16.0. The van der Waals surface area contributed by atoms with Crippen molar-refractivity contribution in [2.24, 2.45) is 0 Å². The molecular formula is C18H17Cl2N5O. The quantitative estimate of drug-likeness (QED) is 0.623. The van der Waals surface area contributed by atoms with Crippen LogP contribution in [0.1, 0.15) is 28.6 Å². The molecule has 0 saturated heterocycles. The van der Waals surface area contributed by atoms with Gasteiger partial charge in [0, 0.05) is 22.7 Å². The summed E-state index contributed by atoms with van der Waals surface area (Å²) in [5.41, 5.74) is 3.61. The number of rotatable bonds is 5. The monoisotopic (exact) mass is 389 g/mol. The summed E-state index contributed by atoms with van der Waals surface area (Å²) < 4.78 is 1.65. The average Bonchev–Trinajstić information content (AvgIpc) is 3.05. The van der Waals surface area contributed by atoms with Gasteiger partial charge >= 0.3 is 0 Å². The molecule has 2 aromatic carbocycles. The van der Waals surface area contributed by atoms with E-state index in [0.29, 0.717) is 21.4 Å². The van der Waals surface area contributed by atoms with Gasteiger partial charge in [-0.05, 0) is 47.5 Å². The van der Waals surface area contributed by atoms with Crippen molar-refractivity contribution in [2.45, 2.75) is 19.9 Å². The van der Waals surface area contributed by atoms with Crippen molar-refractivity contribution in [3.05, 3.63) is 69.0 Å². The Morgan fingerprint density at radius 1 is 1.15 bits per heavy atom. The second-order valence-corrected chi connectivity index (χ2v) is 6.87. The van der Waals surface area contributed by atoms with Crippen molar-refractivity contribution in [3.63, 3.8) is 0 Å². The molecule has 0 aliphatic carbocycles. The molecule has 1 aromatic heterocycles. The summed E-state index contributed by atoms with van der Waals surface area (Å²) in [6, 6.07) is 10.5. The summed E-state index contributed by atoms with van der Waals surface area (Å²) in [5, 5.41) is 13.1. The van der Waals surface area contributed by atoms with Gasteiger partial charge in [-0.3, -0.25) is 4.79 Å².